The fourth-order valence-corrected chi connectivity index (χ4v) is 1.05. The van der Waals surface area contributed by atoms with E-state index in [9.17, 15) is 14.4 Å². The van der Waals surface area contributed by atoms with Crippen molar-refractivity contribution in [3.05, 3.63) is 11.6 Å². The molecule has 0 aromatic heterocycles. The molecule has 0 atom stereocenters. The van der Waals surface area contributed by atoms with Crippen molar-refractivity contribution < 1.29 is 19.1 Å². The average molecular weight is 211 g/mol. The Morgan fingerprint density at radius 3 is 2.60 bits per heavy atom. The number of nitrogens with one attached hydrogen (secondary N) is 1. The maximum absolute atomic E-state index is 11.2. The van der Waals surface area contributed by atoms with E-state index in [1.165, 1.54) is 0 Å². The number of carbonyl (C=O) groups is 3. The van der Waals surface area contributed by atoms with Crippen molar-refractivity contribution in [3.63, 3.8) is 0 Å². The number of amides is 2. The molecule has 0 aliphatic carbocycles. The van der Waals surface area contributed by atoms with Crippen LogP contribution in [-0.2, 0) is 19.1 Å². The Balaban J connectivity index is 2.42. The largest absolute Gasteiger partial charge is 0.465 e. The van der Waals surface area contributed by atoms with Gasteiger partial charge in [0.15, 0.2) is 0 Å². The molecular weight excluding hydrogens is 198 g/mol. The molecule has 5 heteroatoms. The molecule has 1 rings (SSSR count). The van der Waals surface area contributed by atoms with Gasteiger partial charge < -0.3 is 4.74 Å². The van der Waals surface area contributed by atoms with Gasteiger partial charge in [0.05, 0.1) is 13.0 Å². The second-order valence-electron chi connectivity index (χ2n) is 3.74. The van der Waals surface area contributed by atoms with Crippen LogP contribution in [0, 0.1) is 5.92 Å². The first-order valence-corrected chi connectivity index (χ1v) is 4.70. The molecule has 1 N–H and O–H groups in total. The second kappa shape index (κ2) is 4.72. The number of ether oxygens (including phenoxy) is 1. The third kappa shape index (κ3) is 3.53. The predicted molar refractivity (Wildman–Crippen MR) is 51.6 cm³/mol. The van der Waals surface area contributed by atoms with Crippen molar-refractivity contribution in [2.24, 2.45) is 5.92 Å². The van der Waals surface area contributed by atoms with E-state index >= 15 is 0 Å². The number of imide groups is 1. The van der Waals surface area contributed by atoms with Crippen LogP contribution in [0.15, 0.2) is 11.6 Å². The van der Waals surface area contributed by atoms with Crippen LogP contribution in [-0.4, -0.2) is 24.4 Å². The molecule has 0 fully saturated rings. The minimum Gasteiger partial charge on any atom is -0.465 e. The highest BCUT2D eigenvalue weighted by atomic mass is 16.5. The zero-order valence-electron chi connectivity index (χ0n) is 8.70. The van der Waals surface area contributed by atoms with Crippen molar-refractivity contribution in [1.82, 2.24) is 5.32 Å². The summed E-state index contributed by atoms with van der Waals surface area (Å²) < 4.78 is 4.88. The Hall–Kier alpha value is -1.65. The molecular formula is C10H13NO4. The van der Waals surface area contributed by atoms with E-state index in [1.807, 2.05) is 13.8 Å². The van der Waals surface area contributed by atoms with Gasteiger partial charge in [-0.25, -0.2) is 0 Å². The fraction of sp³-hybridized carbons (Fsp3) is 0.500. The van der Waals surface area contributed by atoms with Crippen LogP contribution in [0.2, 0.25) is 0 Å². The molecule has 0 saturated carbocycles. The van der Waals surface area contributed by atoms with Crippen molar-refractivity contribution in [1.29, 1.82) is 0 Å². The Morgan fingerprint density at radius 2 is 2.13 bits per heavy atom. The molecule has 0 aromatic carbocycles. The lowest BCUT2D eigenvalue weighted by atomic mass is 10.2. The monoisotopic (exact) mass is 211 g/mol. The summed E-state index contributed by atoms with van der Waals surface area (Å²) >= 11 is 0. The first-order chi connectivity index (χ1) is 6.99. The first-order valence-electron chi connectivity index (χ1n) is 4.70. The van der Waals surface area contributed by atoms with Gasteiger partial charge in [0, 0.05) is 11.6 Å². The maximum Gasteiger partial charge on any atom is 0.310 e. The van der Waals surface area contributed by atoms with E-state index in [2.05, 4.69) is 5.32 Å². The summed E-state index contributed by atoms with van der Waals surface area (Å²) in [6.07, 6.45) is 0.975. The summed E-state index contributed by atoms with van der Waals surface area (Å²) in [5, 5.41) is 2.06. The third-order valence-corrected chi connectivity index (χ3v) is 1.75. The highest BCUT2D eigenvalue weighted by molar-refractivity contribution is 6.17. The summed E-state index contributed by atoms with van der Waals surface area (Å²) in [6, 6.07) is 0. The van der Waals surface area contributed by atoms with Crippen LogP contribution >= 0.6 is 0 Å². The van der Waals surface area contributed by atoms with Crippen LogP contribution in [0.1, 0.15) is 20.3 Å². The zero-order chi connectivity index (χ0) is 11.4. The molecule has 0 spiro atoms. The smallest absolute Gasteiger partial charge is 0.310 e. The third-order valence-electron chi connectivity index (χ3n) is 1.75. The molecule has 5 nitrogen and oxygen atoms in total. The molecule has 1 heterocycles. The molecule has 0 bridgehead atoms. The highest BCUT2D eigenvalue weighted by Gasteiger charge is 2.23. The van der Waals surface area contributed by atoms with Crippen molar-refractivity contribution in [2.45, 2.75) is 20.3 Å². The van der Waals surface area contributed by atoms with E-state index in [1.54, 1.807) is 0 Å². The number of rotatable bonds is 4. The van der Waals surface area contributed by atoms with Gasteiger partial charge in [0.25, 0.3) is 11.8 Å². The lowest BCUT2D eigenvalue weighted by Gasteiger charge is -2.06. The molecule has 82 valence electrons. The molecule has 15 heavy (non-hydrogen) atoms. The number of hydrogen-bond acceptors (Lipinski definition) is 4. The van der Waals surface area contributed by atoms with Gasteiger partial charge in [-0.05, 0) is 5.92 Å². The molecule has 0 unspecified atom stereocenters. The van der Waals surface area contributed by atoms with Gasteiger partial charge in [0.2, 0.25) is 0 Å². The topological polar surface area (TPSA) is 72.5 Å². The molecule has 0 radical (unpaired) electrons. The van der Waals surface area contributed by atoms with Crippen LogP contribution in [0.4, 0.5) is 0 Å². The second-order valence-corrected chi connectivity index (χ2v) is 3.74. The molecule has 1 aliphatic rings. The fourth-order valence-electron chi connectivity index (χ4n) is 1.05. The number of esters is 1. The lowest BCUT2D eigenvalue weighted by Crippen LogP contribution is -2.23. The van der Waals surface area contributed by atoms with Crippen LogP contribution in [0.5, 0.6) is 0 Å². The van der Waals surface area contributed by atoms with Crippen molar-refractivity contribution >= 4 is 17.8 Å². The van der Waals surface area contributed by atoms with Gasteiger partial charge in [0.1, 0.15) is 0 Å². The minimum atomic E-state index is -0.513. The van der Waals surface area contributed by atoms with Crippen molar-refractivity contribution in [3.8, 4) is 0 Å². The van der Waals surface area contributed by atoms with Crippen LogP contribution in [0.25, 0.3) is 0 Å². The summed E-state index contributed by atoms with van der Waals surface area (Å²) in [5.41, 5.74) is 0.161. The highest BCUT2D eigenvalue weighted by Crippen LogP contribution is 2.08. The van der Waals surface area contributed by atoms with Gasteiger partial charge in [-0.3, -0.25) is 19.7 Å². The van der Waals surface area contributed by atoms with E-state index in [4.69, 9.17) is 4.74 Å². The Labute approximate surface area is 87.5 Å². The lowest BCUT2D eigenvalue weighted by molar-refractivity contribution is -0.144. The quantitative estimate of drug-likeness (QED) is 0.531. The minimum absolute atomic E-state index is 0.149. The Kier molecular flexibility index (Phi) is 3.60. The van der Waals surface area contributed by atoms with E-state index in [0.29, 0.717) is 6.61 Å². The summed E-state index contributed by atoms with van der Waals surface area (Å²) in [7, 11) is 0. The van der Waals surface area contributed by atoms with Gasteiger partial charge in [-0.15, -0.1) is 0 Å². The number of carbonyl (C=O) groups excluding carboxylic acids is 3. The molecule has 1 aliphatic heterocycles. The van der Waals surface area contributed by atoms with Gasteiger partial charge >= 0.3 is 5.97 Å². The van der Waals surface area contributed by atoms with Crippen LogP contribution < -0.4 is 5.32 Å². The molecule has 0 saturated heterocycles. The van der Waals surface area contributed by atoms with Crippen LogP contribution in [0.3, 0.4) is 0 Å². The zero-order valence-corrected chi connectivity index (χ0v) is 8.70. The summed E-state index contributed by atoms with van der Waals surface area (Å²) in [6.45, 7) is 4.15. The molecule has 0 aromatic rings. The normalized spacial score (nSPS) is 15.3. The standard InChI is InChI=1S/C10H13NO4/c1-6(2)5-15-9(13)4-7-3-8(12)11-10(7)14/h3,6H,4-5H2,1-2H3,(H,11,12,14). The Bertz CT molecular complexity index is 330. The maximum atomic E-state index is 11.2. The average Bonchev–Trinajstić information content (AvgIpc) is 2.42. The summed E-state index contributed by atoms with van der Waals surface area (Å²) in [5.74, 6) is -1.23. The first kappa shape index (κ1) is 11.4. The van der Waals surface area contributed by atoms with Crippen molar-refractivity contribution in [2.75, 3.05) is 6.61 Å². The molecule has 2 amide bonds. The number of hydrogen-bond donors (Lipinski definition) is 1. The van der Waals surface area contributed by atoms with Gasteiger partial charge in [-0.1, -0.05) is 13.8 Å². The van der Waals surface area contributed by atoms with Gasteiger partial charge in [-0.2, -0.15) is 0 Å². The SMILES string of the molecule is CC(C)COC(=O)CC1=CC(=O)NC1=O. The summed E-state index contributed by atoms with van der Waals surface area (Å²) in [4.78, 5) is 33.0. The Morgan fingerprint density at radius 1 is 1.47 bits per heavy atom. The van der Waals surface area contributed by atoms with E-state index < -0.39 is 17.8 Å². The van der Waals surface area contributed by atoms with E-state index in [-0.39, 0.29) is 17.9 Å². The predicted octanol–water partition coefficient (Wildman–Crippen LogP) is 0.158. The van der Waals surface area contributed by atoms with E-state index in [0.717, 1.165) is 6.08 Å².